The normalized spacial score (nSPS) is 14.3. The zero-order valence-corrected chi connectivity index (χ0v) is 30.2. The summed E-state index contributed by atoms with van der Waals surface area (Å²) in [5.74, 6) is 3.24. The first kappa shape index (κ1) is 34.0. The molecular formula is C37H41ClN8O3S. The highest BCUT2D eigenvalue weighted by atomic mass is 35.5. The third-order valence-corrected chi connectivity index (χ3v) is 10.3. The fourth-order valence-electron chi connectivity index (χ4n) is 6.57. The van der Waals surface area contributed by atoms with Crippen molar-refractivity contribution < 1.29 is 14.6 Å². The summed E-state index contributed by atoms with van der Waals surface area (Å²) in [6.07, 6.45) is 4.85. The second kappa shape index (κ2) is 14.0. The van der Waals surface area contributed by atoms with Gasteiger partial charge in [-0.3, -0.25) is 10.2 Å². The molecule has 0 spiro atoms. The lowest BCUT2D eigenvalue weighted by Gasteiger charge is -2.28. The summed E-state index contributed by atoms with van der Waals surface area (Å²) in [6.45, 7) is 9.96. The summed E-state index contributed by atoms with van der Waals surface area (Å²) in [5.41, 5.74) is 5.31. The summed E-state index contributed by atoms with van der Waals surface area (Å²) >= 11 is 7.92. The summed E-state index contributed by atoms with van der Waals surface area (Å²) in [6, 6.07) is 18.5. The van der Waals surface area contributed by atoms with Gasteiger partial charge in [0, 0.05) is 47.3 Å². The second-order valence-corrected chi connectivity index (χ2v) is 14.9. The van der Waals surface area contributed by atoms with Gasteiger partial charge in [-0.25, -0.2) is 9.48 Å². The van der Waals surface area contributed by atoms with Gasteiger partial charge >= 0.3 is 6.03 Å². The lowest BCUT2D eigenvalue weighted by Crippen LogP contribution is -2.36. The van der Waals surface area contributed by atoms with Crippen molar-refractivity contribution in [1.29, 1.82) is 0 Å². The molecule has 5 aromatic rings. The fourth-order valence-corrected chi connectivity index (χ4v) is 7.34. The van der Waals surface area contributed by atoms with Crippen molar-refractivity contribution >= 4 is 40.9 Å². The van der Waals surface area contributed by atoms with Gasteiger partial charge in [0.1, 0.15) is 29.7 Å². The molecule has 0 atom stereocenters. The maximum absolute atomic E-state index is 13.4. The van der Waals surface area contributed by atoms with Gasteiger partial charge < -0.3 is 19.7 Å². The van der Waals surface area contributed by atoms with Gasteiger partial charge in [0.2, 0.25) is 0 Å². The zero-order valence-electron chi connectivity index (χ0n) is 28.7. The first-order valence-electron chi connectivity index (χ1n) is 16.8. The SMILES string of the molecule is CSc1ccccc1-c1nnc2n1CCN(CCOc1ccc(NC(=O)Nc3cc(C(C)(C)C)nn3-c3ccc(O)c(Cl)c3)c3c1CCC3)C2. The molecule has 1 aliphatic heterocycles. The van der Waals surface area contributed by atoms with Gasteiger partial charge in [-0.05, 0) is 73.0 Å². The van der Waals surface area contributed by atoms with Crippen LogP contribution in [0.3, 0.4) is 0 Å². The summed E-state index contributed by atoms with van der Waals surface area (Å²) in [5, 5.41) is 30.0. The van der Waals surface area contributed by atoms with Crippen molar-refractivity contribution in [2.45, 2.75) is 63.4 Å². The van der Waals surface area contributed by atoms with E-state index in [4.69, 9.17) is 21.4 Å². The van der Waals surface area contributed by atoms with E-state index in [0.717, 1.165) is 90.9 Å². The van der Waals surface area contributed by atoms with Crippen molar-refractivity contribution in [2.24, 2.45) is 0 Å². The number of anilines is 2. The highest BCUT2D eigenvalue weighted by Gasteiger charge is 2.26. The van der Waals surface area contributed by atoms with E-state index >= 15 is 0 Å². The number of nitrogens with zero attached hydrogens (tertiary/aromatic N) is 6. The van der Waals surface area contributed by atoms with Crippen molar-refractivity contribution in [3.05, 3.63) is 88.3 Å². The number of phenols is 1. The van der Waals surface area contributed by atoms with E-state index in [1.165, 1.54) is 11.0 Å². The van der Waals surface area contributed by atoms with E-state index in [9.17, 15) is 9.90 Å². The maximum Gasteiger partial charge on any atom is 0.324 e. The van der Waals surface area contributed by atoms with Crippen LogP contribution in [-0.4, -0.2) is 66.5 Å². The number of rotatable bonds is 9. The number of hydrogen-bond donors (Lipinski definition) is 3. The Morgan fingerprint density at radius 3 is 2.64 bits per heavy atom. The molecule has 3 aromatic carbocycles. The smallest absolute Gasteiger partial charge is 0.324 e. The Morgan fingerprint density at radius 1 is 1.02 bits per heavy atom. The van der Waals surface area contributed by atoms with E-state index in [2.05, 4.69) is 75.5 Å². The van der Waals surface area contributed by atoms with E-state index in [-0.39, 0.29) is 22.2 Å². The van der Waals surface area contributed by atoms with Gasteiger partial charge in [-0.2, -0.15) is 5.10 Å². The highest BCUT2D eigenvalue weighted by Crippen LogP contribution is 2.37. The minimum Gasteiger partial charge on any atom is -0.506 e. The summed E-state index contributed by atoms with van der Waals surface area (Å²) in [7, 11) is 0. The molecule has 1 aliphatic carbocycles. The van der Waals surface area contributed by atoms with Crippen LogP contribution in [0.1, 0.15) is 49.8 Å². The quantitative estimate of drug-likeness (QED) is 0.134. The van der Waals surface area contributed by atoms with E-state index in [1.54, 1.807) is 28.6 Å². The number of amides is 2. The van der Waals surface area contributed by atoms with Crippen LogP contribution >= 0.6 is 23.4 Å². The molecule has 0 saturated heterocycles. The molecule has 3 N–H and O–H groups in total. The van der Waals surface area contributed by atoms with Crippen LogP contribution in [0.4, 0.5) is 16.3 Å². The summed E-state index contributed by atoms with van der Waals surface area (Å²) < 4.78 is 10.2. The molecule has 50 heavy (non-hydrogen) atoms. The van der Waals surface area contributed by atoms with Crippen molar-refractivity contribution in [1.82, 2.24) is 29.4 Å². The number of thioether (sulfide) groups is 1. The first-order valence-corrected chi connectivity index (χ1v) is 18.4. The molecule has 260 valence electrons. The molecule has 2 aromatic heterocycles. The second-order valence-electron chi connectivity index (χ2n) is 13.6. The predicted octanol–water partition coefficient (Wildman–Crippen LogP) is 7.54. The van der Waals surface area contributed by atoms with Gasteiger partial charge in [0.25, 0.3) is 0 Å². The van der Waals surface area contributed by atoms with Gasteiger partial charge in [0.15, 0.2) is 5.82 Å². The number of urea groups is 1. The summed E-state index contributed by atoms with van der Waals surface area (Å²) in [4.78, 5) is 17.0. The number of halogens is 1. The van der Waals surface area contributed by atoms with Gasteiger partial charge in [-0.15, -0.1) is 22.0 Å². The number of nitrogens with one attached hydrogen (secondary N) is 2. The Balaban J connectivity index is 0.996. The van der Waals surface area contributed by atoms with Crippen molar-refractivity contribution in [2.75, 3.05) is 36.6 Å². The van der Waals surface area contributed by atoms with Crippen LogP contribution in [0, 0.1) is 0 Å². The van der Waals surface area contributed by atoms with Crippen LogP contribution in [0.5, 0.6) is 11.5 Å². The zero-order chi connectivity index (χ0) is 35.0. The lowest BCUT2D eigenvalue weighted by molar-refractivity contribution is 0.174. The molecule has 2 amide bonds. The Hall–Kier alpha value is -4.52. The van der Waals surface area contributed by atoms with Crippen LogP contribution in [0.15, 0.2) is 65.6 Å². The van der Waals surface area contributed by atoms with E-state index in [1.807, 2.05) is 24.3 Å². The number of aromatic hydroxyl groups is 1. The minimum absolute atomic E-state index is 0.0217. The van der Waals surface area contributed by atoms with Crippen LogP contribution in [-0.2, 0) is 31.3 Å². The third kappa shape index (κ3) is 6.92. The molecule has 0 unspecified atom stereocenters. The molecule has 2 aliphatic rings. The van der Waals surface area contributed by atoms with Crippen molar-refractivity contribution in [3.8, 4) is 28.6 Å². The Bertz CT molecular complexity index is 2050. The number of aromatic nitrogens is 5. The predicted molar refractivity (Wildman–Crippen MR) is 198 cm³/mol. The monoisotopic (exact) mass is 712 g/mol. The fraction of sp³-hybridized carbons (Fsp3) is 0.351. The van der Waals surface area contributed by atoms with Crippen molar-refractivity contribution in [3.63, 3.8) is 0 Å². The number of benzene rings is 3. The average molecular weight is 713 g/mol. The van der Waals surface area contributed by atoms with E-state index in [0.29, 0.717) is 18.1 Å². The minimum atomic E-state index is -0.378. The molecule has 13 heteroatoms. The molecule has 11 nitrogen and oxygen atoms in total. The number of carbonyl (C=O) groups excluding carboxylic acids is 1. The Labute approximate surface area is 301 Å². The molecule has 3 heterocycles. The molecule has 0 saturated carbocycles. The topological polar surface area (TPSA) is 122 Å². The number of fused-ring (bicyclic) bond motifs is 2. The number of ether oxygens (including phenoxy) is 1. The largest absolute Gasteiger partial charge is 0.506 e. The van der Waals surface area contributed by atoms with E-state index < -0.39 is 0 Å². The number of hydrogen-bond acceptors (Lipinski definition) is 8. The molecular weight excluding hydrogens is 672 g/mol. The number of phenolic OH excluding ortho intramolecular Hbond substituents is 1. The average Bonchev–Trinajstić information content (AvgIpc) is 3.86. The molecule has 7 rings (SSSR count). The molecule has 0 fully saturated rings. The Kier molecular flexibility index (Phi) is 9.51. The molecule has 0 bridgehead atoms. The van der Waals surface area contributed by atoms with Gasteiger partial charge in [0.05, 0.1) is 22.9 Å². The highest BCUT2D eigenvalue weighted by molar-refractivity contribution is 7.98. The first-order chi connectivity index (χ1) is 24.1. The standard InChI is InChI=1S/C37H41ClN8O3S/c1-37(2,3)32-21-33(46(43-32)23-12-14-29(47)27(38)20-23)40-36(48)39-28-13-15-30(25-10-7-9-24(25)28)49-19-18-44-16-17-45-34(22-44)41-42-35(45)26-8-5-6-11-31(26)50-4/h5-6,8,11-15,20-21,47H,7,9-10,16-19,22H2,1-4H3,(H2,39,40,48). The van der Waals surface area contributed by atoms with Gasteiger partial charge in [-0.1, -0.05) is 50.6 Å². The Morgan fingerprint density at radius 2 is 1.84 bits per heavy atom. The molecule has 0 radical (unpaired) electrons. The third-order valence-electron chi connectivity index (χ3n) is 9.23. The maximum atomic E-state index is 13.4. The van der Waals surface area contributed by atoms with Crippen LogP contribution < -0.4 is 15.4 Å². The number of carbonyl (C=O) groups is 1. The van der Waals surface area contributed by atoms with Crippen LogP contribution in [0.2, 0.25) is 5.02 Å². The van der Waals surface area contributed by atoms with Crippen LogP contribution in [0.25, 0.3) is 17.1 Å². The lowest BCUT2D eigenvalue weighted by atomic mass is 9.92.